The van der Waals surface area contributed by atoms with Crippen molar-refractivity contribution in [3.05, 3.63) is 77.4 Å². The minimum Gasteiger partial charge on any atom is -0.495 e. The largest absolute Gasteiger partial charge is 0.495 e. The van der Waals surface area contributed by atoms with Crippen molar-refractivity contribution in [3.8, 4) is 5.75 Å². The number of hydrogen-bond donors (Lipinski definition) is 1. The fourth-order valence-corrected chi connectivity index (χ4v) is 7.45. The number of rotatable bonds is 9. The molecule has 214 valence electrons. The van der Waals surface area contributed by atoms with Crippen molar-refractivity contribution < 1.29 is 31.1 Å². The van der Waals surface area contributed by atoms with Crippen molar-refractivity contribution in [2.24, 2.45) is 0 Å². The summed E-state index contributed by atoms with van der Waals surface area (Å²) in [6.07, 6.45) is 0. The standard InChI is InChI=1S/C28H33N3O7S2/c1-20-5-8-25(9-6-20)39(33,34)31(24-16-21(2)15-22(3)17-24)19-28(32)29-23-7-10-26(37-4)27(18-23)40(35,36)30-11-13-38-14-12-30/h5-10,15-18H,11-14,19H2,1-4H3,(H,29,32). The lowest BCUT2D eigenvalue weighted by molar-refractivity contribution is -0.114. The van der Waals surface area contributed by atoms with Crippen LogP contribution in [0.25, 0.3) is 0 Å². The number of anilines is 2. The van der Waals surface area contributed by atoms with E-state index in [0.717, 1.165) is 21.0 Å². The zero-order valence-corrected chi connectivity index (χ0v) is 24.5. The Kier molecular flexibility index (Phi) is 8.83. The third-order valence-electron chi connectivity index (χ3n) is 6.43. The molecule has 0 atom stereocenters. The number of methoxy groups -OCH3 is 1. The van der Waals surface area contributed by atoms with Gasteiger partial charge < -0.3 is 14.8 Å². The van der Waals surface area contributed by atoms with Gasteiger partial charge in [-0.3, -0.25) is 9.10 Å². The Bertz CT molecular complexity index is 1580. The van der Waals surface area contributed by atoms with Crippen LogP contribution in [0.1, 0.15) is 16.7 Å². The molecule has 10 nitrogen and oxygen atoms in total. The highest BCUT2D eigenvalue weighted by Gasteiger charge is 2.31. The van der Waals surface area contributed by atoms with Crippen molar-refractivity contribution in [2.45, 2.75) is 30.6 Å². The molecule has 1 N–H and O–H groups in total. The molecule has 1 saturated heterocycles. The van der Waals surface area contributed by atoms with Gasteiger partial charge in [-0.25, -0.2) is 16.8 Å². The number of amides is 1. The molecule has 3 aromatic carbocycles. The molecule has 1 heterocycles. The van der Waals surface area contributed by atoms with E-state index in [1.165, 1.54) is 41.7 Å². The van der Waals surface area contributed by atoms with Crippen molar-refractivity contribution in [1.82, 2.24) is 4.31 Å². The summed E-state index contributed by atoms with van der Waals surface area (Å²) in [5, 5.41) is 2.66. The molecule has 1 amide bonds. The summed E-state index contributed by atoms with van der Waals surface area (Å²) >= 11 is 0. The first-order valence-corrected chi connectivity index (χ1v) is 15.5. The first-order chi connectivity index (χ1) is 18.9. The fraction of sp³-hybridized carbons (Fsp3) is 0.321. The number of aryl methyl sites for hydroxylation is 3. The fourth-order valence-electron chi connectivity index (χ4n) is 4.46. The Morgan fingerprint density at radius 2 is 1.52 bits per heavy atom. The van der Waals surface area contributed by atoms with Crippen molar-refractivity contribution in [3.63, 3.8) is 0 Å². The molecule has 0 spiro atoms. The Balaban J connectivity index is 1.66. The second-order valence-electron chi connectivity index (χ2n) is 9.60. The Morgan fingerprint density at radius 3 is 2.12 bits per heavy atom. The molecular formula is C28H33N3O7S2. The number of ether oxygens (including phenoxy) is 2. The number of nitrogens with zero attached hydrogens (tertiary/aromatic N) is 2. The smallest absolute Gasteiger partial charge is 0.264 e. The van der Waals surface area contributed by atoms with Crippen LogP contribution in [0.4, 0.5) is 11.4 Å². The molecule has 40 heavy (non-hydrogen) atoms. The molecular weight excluding hydrogens is 554 g/mol. The van der Waals surface area contributed by atoms with Crippen LogP contribution in [-0.4, -0.2) is 67.0 Å². The maximum atomic E-state index is 13.7. The van der Waals surface area contributed by atoms with Gasteiger partial charge in [0.15, 0.2) is 0 Å². The molecule has 0 bridgehead atoms. The van der Waals surface area contributed by atoms with Crippen LogP contribution in [0.2, 0.25) is 0 Å². The van der Waals surface area contributed by atoms with E-state index in [1.807, 2.05) is 26.8 Å². The number of sulfonamides is 2. The first-order valence-electron chi connectivity index (χ1n) is 12.7. The normalized spacial score (nSPS) is 14.5. The average Bonchev–Trinajstić information content (AvgIpc) is 2.91. The summed E-state index contributed by atoms with van der Waals surface area (Å²) in [4.78, 5) is 13.2. The zero-order valence-electron chi connectivity index (χ0n) is 22.9. The first kappa shape index (κ1) is 29.5. The summed E-state index contributed by atoms with van der Waals surface area (Å²) in [7, 11) is -6.68. The quantitative estimate of drug-likeness (QED) is 0.407. The van der Waals surface area contributed by atoms with Gasteiger partial charge in [-0.2, -0.15) is 4.31 Å². The summed E-state index contributed by atoms with van der Waals surface area (Å²) in [6, 6.07) is 16.0. The Hall–Kier alpha value is -3.45. The number of benzene rings is 3. The molecule has 4 rings (SSSR count). The summed E-state index contributed by atoms with van der Waals surface area (Å²) in [6.45, 7) is 5.98. The number of carbonyl (C=O) groups excluding carboxylic acids is 1. The summed E-state index contributed by atoms with van der Waals surface area (Å²) in [5.41, 5.74) is 3.11. The zero-order chi connectivity index (χ0) is 29.1. The van der Waals surface area contributed by atoms with Crippen LogP contribution in [0.15, 0.2) is 70.5 Å². The third-order valence-corrected chi connectivity index (χ3v) is 10.1. The predicted octanol–water partition coefficient (Wildman–Crippen LogP) is 3.48. The van der Waals surface area contributed by atoms with E-state index in [9.17, 15) is 21.6 Å². The van der Waals surface area contributed by atoms with Crippen LogP contribution in [0.5, 0.6) is 5.75 Å². The maximum Gasteiger partial charge on any atom is 0.264 e. The van der Waals surface area contributed by atoms with Gasteiger partial charge in [0.05, 0.1) is 30.9 Å². The van der Waals surface area contributed by atoms with E-state index < -0.39 is 32.5 Å². The Labute approximate surface area is 235 Å². The molecule has 12 heteroatoms. The topological polar surface area (TPSA) is 122 Å². The van der Waals surface area contributed by atoms with Gasteiger partial charge in [0.2, 0.25) is 15.9 Å². The molecule has 0 aromatic heterocycles. The van der Waals surface area contributed by atoms with Crippen molar-refractivity contribution in [2.75, 3.05) is 49.6 Å². The molecule has 0 aliphatic carbocycles. The SMILES string of the molecule is COc1ccc(NC(=O)CN(c2cc(C)cc(C)c2)S(=O)(=O)c2ccc(C)cc2)cc1S(=O)(=O)N1CCOCC1. The van der Waals surface area contributed by atoms with Crippen LogP contribution in [-0.2, 0) is 29.6 Å². The molecule has 1 aliphatic heterocycles. The maximum absolute atomic E-state index is 13.7. The molecule has 3 aromatic rings. The lowest BCUT2D eigenvalue weighted by atomic mass is 10.1. The summed E-state index contributed by atoms with van der Waals surface area (Å²) in [5.74, 6) is -0.516. The van der Waals surface area contributed by atoms with E-state index in [0.29, 0.717) is 5.69 Å². The number of morpholine rings is 1. The van der Waals surface area contributed by atoms with Gasteiger partial charge in [0.25, 0.3) is 10.0 Å². The summed E-state index contributed by atoms with van der Waals surface area (Å²) < 4.78 is 67.1. The predicted molar refractivity (Wildman–Crippen MR) is 153 cm³/mol. The number of nitrogens with one attached hydrogen (secondary N) is 1. The molecule has 0 saturated carbocycles. The van der Waals surface area contributed by atoms with E-state index in [4.69, 9.17) is 9.47 Å². The second-order valence-corrected chi connectivity index (χ2v) is 13.4. The van der Waals surface area contributed by atoms with Gasteiger partial charge in [-0.1, -0.05) is 23.8 Å². The highest BCUT2D eigenvalue weighted by molar-refractivity contribution is 7.92. The van der Waals surface area contributed by atoms with Gasteiger partial charge >= 0.3 is 0 Å². The van der Waals surface area contributed by atoms with Crippen LogP contribution < -0.4 is 14.4 Å². The second kappa shape index (κ2) is 12.0. The van der Waals surface area contributed by atoms with Gasteiger partial charge in [0, 0.05) is 18.8 Å². The lowest BCUT2D eigenvalue weighted by Gasteiger charge is -2.27. The van der Waals surface area contributed by atoms with Gasteiger partial charge in [0.1, 0.15) is 17.2 Å². The lowest BCUT2D eigenvalue weighted by Crippen LogP contribution is -2.40. The number of hydrogen-bond acceptors (Lipinski definition) is 7. The molecule has 1 aliphatic rings. The third kappa shape index (κ3) is 6.47. The Morgan fingerprint density at radius 1 is 0.900 bits per heavy atom. The highest BCUT2D eigenvalue weighted by Crippen LogP contribution is 2.31. The molecule has 0 unspecified atom stereocenters. The van der Waals surface area contributed by atoms with E-state index in [-0.39, 0.29) is 47.5 Å². The van der Waals surface area contributed by atoms with Crippen LogP contribution in [0.3, 0.4) is 0 Å². The van der Waals surface area contributed by atoms with Gasteiger partial charge in [-0.15, -0.1) is 0 Å². The van der Waals surface area contributed by atoms with Crippen molar-refractivity contribution in [1.29, 1.82) is 0 Å². The monoisotopic (exact) mass is 587 g/mol. The van der Waals surface area contributed by atoms with E-state index >= 15 is 0 Å². The van der Waals surface area contributed by atoms with E-state index in [2.05, 4.69) is 5.32 Å². The van der Waals surface area contributed by atoms with Crippen molar-refractivity contribution >= 4 is 37.3 Å². The minimum atomic E-state index is -4.11. The van der Waals surface area contributed by atoms with Crippen LogP contribution in [0, 0.1) is 20.8 Å². The average molecular weight is 588 g/mol. The minimum absolute atomic E-state index is 0.0494. The highest BCUT2D eigenvalue weighted by atomic mass is 32.2. The van der Waals surface area contributed by atoms with Gasteiger partial charge in [-0.05, 0) is 74.4 Å². The van der Waals surface area contributed by atoms with E-state index in [1.54, 1.807) is 24.3 Å². The molecule has 0 radical (unpaired) electrons. The van der Waals surface area contributed by atoms with Crippen LogP contribution >= 0.6 is 0 Å². The molecule has 1 fully saturated rings. The number of carbonyl (C=O) groups is 1.